The fraction of sp³-hybridized carbons (Fsp3) is 0.571. The first-order valence-corrected chi connectivity index (χ1v) is 6.01. The Morgan fingerprint density at radius 1 is 1.38 bits per heavy atom. The summed E-state index contributed by atoms with van der Waals surface area (Å²) >= 11 is 0. The van der Waals surface area contributed by atoms with Gasteiger partial charge in [0.1, 0.15) is 5.75 Å². The zero-order chi connectivity index (χ0) is 11.8. The molecule has 1 aromatic rings. The van der Waals surface area contributed by atoms with Crippen molar-refractivity contribution in [1.29, 1.82) is 0 Å². The minimum Gasteiger partial charge on any atom is -0.508 e. The largest absolute Gasteiger partial charge is 0.508 e. The van der Waals surface area contributed by atoms with Crippen LogP contribution in [0, 0.1) is 5.41 Å². The van der Waals surface area contributed by atoms with Crippen LogP contribution in [-0.4, -0.2) is 11.7 Å². The van der Waals surface area contributed by atoms with E-state index in [2.05, 4.69) is 32.2 Å². The lowest BCUT2D eigenvalue weighted by molar-refractivity contribution is 0.352. The summed E-state index contributed by atoms with van der Waals surface area (Å²) in [5.41, 5.74) is 2.98. The zero-order valence-corrected chi connectivity index (χ0v) is 10.4. The van der Waals surface area contributed by atoms with E-state index in [1.54, 1.807) is 6.07 Å². The number of hydrogen-bond donors (Lipinski definition) is 2. The average molecular weight is 219 g/mol. The normalized spacial score (nSPS) is 19.8. The number of benzene rings is 1. The monoisotopic (exact) mass is 219 g/mol. The van der Waals surface area contributed by atoms with E-state index in [-0.39, 0.29) is 0 Å². The molecule has 16 heavy (non-hydrogen) atoms. The number of nitrogens with one attached hydrogen (secondary N) is 1. The zero-order valence-electron chi connectivity index (χ0n) is 10.4. The molecule has 2 rings (SSSR count). The SMILES string of the molecule is CC(C)(C)CNC1CCc2cc(O)ccc21. The van der Waals surface area contributed by atoms with Gasteiger partial charge in [0.25, 0.3) is 0 Å². The third-order valence-electron chi connectivity index (χ3n) is 3.08. The van der Waals surface area contributed by atoms with Gasteiger partial charge in [-0.05, 0) is 41.5 Å². The highest BCUT2D eigenvalue weighted by molar-refractivity contribution is 5.40. The summed E-state index contributed by atoms with van der Waals surface area (Å²) in [7, 11) is 0. The number of aromatic hydroxyl groups is 1. The molecule has 0 spiro atoms. The lowest BCUT2D eigenvalue weighted by Gasteiger charge is -2.23. The maximum atomic E-state index is 9.42. The van der Waals surface area contributed by atoms with Crippen molar-refractivity contribution in [3.63, 3.8) is 0 Å². The number of hydrogen-bond acceptors (Lipinski definition) is 2. The van der Waals surface area contributed by atoms with Gasteiger partial charge >= 0.3 is 0 Å². The Labute approximate surface area is 97.7 Å². The minimum absolute atomic E-state index is 0.319. The van der Waals surface area contributed by atoms with Crippen LogP contribution in [0.1, 0.15) is 44.4 Å². The highest BCUT2D eigenvalue weighted by atomic mass is 16.3. The van der Waals surface area contributed by atoms with Gasteiger partial charge in [-0.2, -0.15) is 0 Å². The Hall–Kier alpha value is -1.02. The topological polar surface area (TPSA) is 32.3 Å². The third kappa shape index (κ3) is 2.56. The van der Waals surface area contributed by atoms with Crippen molar-refractivity contribution in [1.82, 2.24) is 5.32 Å². The molecule has 0 saturated carbocycles. The van der Waals surface area contributed by atoms with Gasteiger partial charge < -0.3 is 10.4 Å². The number of rotatable bonds is 2. The number of phenolic OH excluding ortho intramolecular Hbond substituents is 1. The summed E-state index contributed by atoms with van der Waals surface area (Å²) in [6, 6.07) is 6.21. The molecule has 88 valence electrons. The molecule has 1 unspecified atom stereocenters. The quantitative estimate of drug-likeness (QED) is 0.801. The standard InChI is InChI=1S/C14H21NO/c1-14(2,3)9-15-13-7-4-10-8-11(16)5-6-12(10)13/h5-6,8,13,15-16H,4,7,9H2,1-3H3. The summed E-state index contributed by atoms with van der Waals surface area (Å²) in [4.78, 5) is 0. The fourth-order valence-corrected chi connectivity index (χ4v) is 2.25. The molecule has 0 saturated heterocycles. The molecule has 0 bridgehead atoms. The van der Waals surface area contributed by atoms with E-state index < -0.39 is 0 Å². The molecule has 0 radical (unpaired) electrons. The van der Waals surface area contributed by atoms with Gasteiger partial charge in [-0.25, -0.2) is 0 Å². The second kappa shape index (κ2) is 4.10. The van der Waals surface area contributed by atoms with Crippen LogP contribution in [0.3, 0.4) is 0 Å². The smallest absolute Gasteiger partial charge is 0.115 e. The van der Waals surface area contributed by atoms with Gasteiger partial charge in [-0.15, -0.1) is 0 Å². The number of aryl methyl sites for hydroxylation is 1. The van der Waals surface area contributed by atoms with E-state index >= 15 is 0 Å². The van der Waals surface area contributed by atoms with E-state index in [9.17, 15) is 5.11 Å². The number of phenols is 1. The van der Waals surface area contributed by atoms with Gasteiger partial charge in [-0.1, -0.05) is 26.8 Å². The van der Waals surface area contributed by atoms with Gasteiger partial charge in [0.15, 0.2) is 0 Å². The maximum Gasteiger partial charge on any atom is 0.115 e. The Morgan fingerprint density at radius 3 is 2.81 bits per heavy atom. The second-order valence-corrected chi connectivity index (χ2v) is 5.92. The molecule has 0 heterocycles. The van der Waals surface area contributed by atoms with Crippen LogP contribution < -0.4 is 5.32 Å². The van der Waals surface area contributed by atoms with Crippen LogP contribution in [-0.2, 0) is 6.42 Å². The molecule has 0 aliphatic heterocycles. The molecule has 1 aliphatic rings. The predicted octanol–water partition coefficient (Wildman–Crippen LogP) is 3.02. The first kappa shape index (κ1) is 11.5. The maximum absolute atomic E-state index is 9.42. The van der Waals surface area contributed by atoms with Crippen molar-refractivity contribution >= 4 is 0 Å². The Balaban J connectivity index is 2.06. The molecule has 1 aliphatic carbocycles. The fourth-order valence-electron chi connectivity index (χ4n) is 2.25. The highest BCUT2D eigenvalue weighted by Crippen LogP contribution is 2.33. The third-order valence-corrected chi connectivity index (χ3v) is 3.08. The van der Waals surface area contributed by atoms with Crippen LogP contribution in [0.2, 0.25) is 0 Å². The van der Waals surface area contributed by atoms with Crippen LogP contribution in [0.4, 0.5) is 0 Å². The van der Waals surface area contributed by atoms with Crippen molar-refractivity contribution in [3.8, 4) is 5.75 Å². The van der Waals surface area contributed by atoms with Gasteiger partial charge in [-0.3, -0.25) is 0 Å². The molecular weight excluding hydrogens is 198 g/mol. The average Bonchev–Trinajstić information content (AvgIpc) is 2.56. The minimum atomic E-state index is 0.319. The van der Waals surface area contributed by atoms with Gasteiger partial charge in [0.05, 0.1) is 0 Å². The summed E-state index contributed by atoms with van der Waals surface area (Å²) in [5, 5.41) is 13.0. The van der Waals surface area contributed by atoms with Crippen LogP contribution in [0.15, 0.2) is 18.2 Å². The Morgan fingerprint density at radius 2 is 2.12 bits per heavy atom. The summed E-state index contributed by atoms with van der Waals surface area (Å²) < 4.78 is 0. The van der Waals surface area contributed by atoms with Crippen molar-refractivity contribution < 1.29 is 5.11 Å². The Bertz CT molecular complexity index is 379. The molecule has 1 atom stereocenters. The van der Waals surface area contributed by atoms with Crippen LogP contribution in [0.5, 0.6) is 5.75 Å². The molecule has 0 aromatic heterocycles. The van der Waals surface area contributed by atoms with Crippen molar-refractivity contribution in [2.45, 2.75) is 39.7 Å². The first-order valence-electron chi connectivity index (χ1n) is 6.01. The summed E-state index contributed by atoms with van der Waals surface area (Å²) in [5.74, 6) is 0.384. The highest BCUT2D eigenvalue weighted by Gasteiger charge is 2.23. The second-order valence-electron chi connectivity index (χ2n) is 5.92. The van der Waals surface area contributed by atoms with Crippen LogP contribution in [0.25, 0.3) is 0 Å². The summed E-state index contributed by atoms with van der Waals surface area (Å²) in [6.45, 7) is 7.75. The molecule has 2 heteroatoms. The van der Waals surface area contributed by atoms with E-state index in [1.165, 1.54) is 11.1 Å². The number of fused-ring (bicyclic) bond motifs is 1. The lowest BCUT2D eigenvalue weighted by Crippen LogP contribution is -2.29. The van der Waals surface area contributed by atoms with Crippen molar-refractivity contribution in [2.75, 3.05) is 6.54 Å². The molecule has 0 fully saturated rings. The molecule has 1 aromatic carbocycles. The Kier molecular flexibility index (Phi) is 2.94. The van der Waals surface area contributed by atoms with Gasteiger partial charge in [0.2, 0.25) is 0 Å². The summed E-state index contributed by atoms with van der Waals surface area (Å²) in [6.07, 6.45) is 2.22. The first-order chi connectivity index (χ1) is 7.46. The van der Waals surface area contributed by atoms with E-state index in [0.29, 0.717) is 17.2 Å². The molecule has 2 nitrogen and oxygen atoms in total. The van der Waals surface area contributed by atoms with Crippen molar-refractivity contribution in [2.24, 2.45) is 5.41 Å². The predicted molar refractivity (Wildman–Crippen MR) is 66.6 cm³/mol. The van der Waals surface area contributed by atoms with Gasteiger partial charge in [0, 0.05) is 12.6 Å². The van der Waals surface area contributed by atoms with E-state index in [4.69, 9.17) is 0 Å². The van der Waals surface area contributed by atoms with Crippen LogP contribution >= 0.6 is 0 Å². The van der Waals surface area contributed by atoms with E-state index in [0.717, 1.165) is 19.4 Å². The van der Waals surface area contributed by atoms with Crippen molar-refractivity contribution in [3.05, 3.63) is 29.3 Å². The molecule has 0 amide bonds. The molecule has 2 N–H and O–H groups in total. The lowest BCUT2D eigenvalue weighted by atomic mass is 9.96. The molecular formula is C14H21NO. The van der Waals surface area contributed by atoms with E-state index in [1.807, 2.05) is 6.07 Å².